The summed E-state index contributed by atoms with van der Waals surface area (Å²) in [6.07, 6.45) is 8.92. The van der Waals surface area contributed by atoms with Crippen molar-refractivity contribution >= 4 is 22.8 Å². The standard InChI is InChI=1S/C20H22N4/c1-14-10-17-18-13-23(3)9-6-19(18)24(20(17)22-11-14)12-15(2)16-4-7-21-8-5-16/h4-5,7-8,10-12H,6,9,13H2,1-3H3. The first-order valence-corrected chi connectivity index (χ1v) is 8.39. The lowest BCUT2D eigenvalue weighted by Gasteiger charge is -2.23. The minimum atomic E-state index is 0.992. The maximum Gasteiger partial charge on any atom is 0.144 e. The molecule has 0 bridgehead atoms. The molecule has 4 rings (SSSR count). The van der Waals surface area contributed by atoms with Gasteiger partial charge in [0.1, 0.15) is 5.65 Å². The van der Waals surface area contributed by atoms with Gasteiger partial charge in [-0.1, -0.05) is 0 Å². The summed E-state index contributed by atoms with van der Waals surface area (Å²) in [6.45, 7) is 6.34. The van der Waals surface area contributed by atoms with Gasteiger partial charge in [0.05, 0.1) is 0 Å². The van der Waals surface area contributed by atoms with E-state index >= 15 is 0 Å². The second-order valence-corrected chi connectivity index (χ2v) is 6.71. The number of aryl methyl sites for hydroxylation is 1. The summed E-state index contributed by atoms with van der Waals surface area (Å²) in [4.78, 5) is 11.2. The van der Waals surface area contributed by atoms with Crippen LogP contribution >= 0.6 is 0 Å². The molecule has 0 fully saturated rings. The van der Waals surface area contributed by atoms with Crippen molar-refractivity contribution in [1.82, 2.24) is 19.4 Å². The highest BCUT2D eigenvalue weighted by atomic mass is 15.1. The van der Waals surface area contributed by atoms with E-state index < -0.39 is 0 Å². The van der Waals surface area contributed by atoms with Gasteiger partial charge in [-0.2, -0.15) is 0 Å². The Balaban J connectivity index is 1.92. The molecule has 4 heteroatoms. The number of fused-ring (bicyclic) bond motifs is 3. The van der Waals surface area contributed by atoms with Gasteiger partial charge in [-0.05, 0) is 61.4 Å². The van der Waals surface area contributed by atoms with Crippen LogP contribution in [0.1, 0.15) is 29.3 Å². The number of pyridine rings is 2. The molecule has 0 radical (unpaired) electrons. The summed E-state index contributed by atoms with van der Waals surface area (Å²) < 4.78 is 2.30. The van der Waals surface area contributed by atoms with Crippen molar-refractivity contribution in [2.75, 3.05) is 13.6 Å². The number of likely N-dealkylation sites (N-methyl/N-ethyl adjacent to an activating group) is 1. The smallest absolute Gasteiger partial charge is 0.144 e. The number of aromatic nitrogens is 3. The zero-order chi connectivity index (χ0) is 16.7. The van der Waals surface area contributed by atoms with Crippen LogP contribution in [0.3, 0.4) is 0 Å². The molecule has 122 valence electrons. The summed E-state index contributed by atoms with van der Waals surface area (Å²) in [5, 5.41) is 1.29. The van der Waals surface area contributed by atoms with Crippen LogP contribution in [-0.4, -0.2) is 33.0 Å². The average Bonchev–Trinajstić information content (AvgIpc) is 2.88. The topological polar surface area (TPSA) is 34.0 Å². The van der Waals surface area contributed by atoms with Crippen LogP contribution in [0.4, 0.5) is 0 Å². The van der Waals surface area contributed by atoms with Gasteiger partial charge >= 0.3 is 0 Å². The van der Waals surface area contributed by atoms with Gasteiger partial charge in [-0.25, -0.2) is 4.98 Å². The van der Waals surface area contributed by atoms with Crippen LogP contribution in [0.15, 0.2) is 36.8 Å². The van der Waals surface area contributed by atoms with Crippen LogP contribution in [0, 0.1) is 6.92 Å². The van der Waals surface area contributed by atoms with Crippen LogP contribution in [0.25, 0.3) is 22.8 Å². The third-order valence-electron chi connectivity index (χ3n) is 4.81. The van der Waals surface area contributed by atoms with Gasteiger partial charge in [0.25, 0.3) is 0 Å². The number of nitrogens with zero attached hydrogens (tertiary/aromatic N) is 4. The van der Waals surface area contributed by atoms with Crippen molar-refractivity contribution in [1.29, 1.82) is 0 Å². The van der Waals surface area contributed by atoms with E-state index in [-0.39, 0.29) is 0 Å². The molecule has 0 amide bonds. The van der Waals surface area contributed by atoms with Gasteiger partial charge in [-0.15, -0.1) is 0 Å². The third-order valence-corrected chi connectivity index (χ3v) is 4.81. The minimum Gasteiger partial charge on any atom is -0.304 e. The van der Waals surface area contributed by atoms with Gasteiger partial charge in [0.2, 0.25) is 0 Å². The molecule has 1 aliphatic heterocycles. The van der Waals surface area contributed by atoms with Crippen LogP contribution in [0.5, 0.6) is 0 Å². The molecule has 3 aromatic rings. The monoisotopic (exact) mass is 318 g/mol. The Hall–Kier alpha value is -2.46. The third kappa shape index (κ3) is 2.53. The first-order valence-electron chi connectivity index (χ1n) is 8.39. The summed E-state index contributed by atoms with van der Waals surface area (Å²) >= 11 is 0. The second kappa shape index (κ2) is 5.87. The van der Waals surface area contributed by atoms with Gasteiger partial charge in [0.15, 0.2) is 0 Å². The van der Waals surface area contributed by atoms with E-state index in [0.29, 0.717) is 0 Å². The lowest BCUT2D eigenvalue weighted by Crippen LogP contribution is -2.26. The van der Waals surface area contributed by atoms with E-state index in [1.807, 2.05) is 18.6 Å². The highest BCUT2D eigenvalue weighted by Gasteiger charge is 2.22. The summed E-state index contributed by atoms with van der Waals surface area (Å²) in [7, 11) is 2.19. The molecule has 4 nitrogen and oxygen atoms in total. The molecule has 4 heterocycles. The van der Waals surface area contributed by atoms with E-state index in [9.17, 15) is 0 Å². The van der Waals surface area contributed by atoms with Crippen LogP contribution in [-0.2, 0) is 13.0 Å². The Morgan fingerprint density at radius 3 is 2.83 bits per heavy atom. The molecule has 3 aromatic heterocycles. The fourth-order valence-electron chi connectivity index (χ4n) is 3.52. The maximum atomic E-state index is 4.74. The molecule has 0 N–H and O–H groups in total. The predicted molar refractivity (Wildman–Crippen MR) is 98.6 cm³/mol. The molecule has 0 aromatic carbocycles. The Labute approximate surface area is 142 Å². The molecule has 0 aliphatic carbocycles. The van der Waals surface area contributed by atoms with Crippen LogP contribution < -0.4 is 0 Å². The normalized spacial score (nSPS) is 15.7. The van der Waals surface area contributed by atoms with E-state index in [0.717, 1.165) is 25.2 Å². The number of allylic oxidation sites excluding steroid dienone is 1. The van der Waals surface area contributed by atoms with Crippen molar-refractivity contribution in [2.24, 2.45) is 0 Å². The molecule has 0 atom stereocenters. The van der Waals surface area contributed by atoms with Crippen LogP contribution in [0.2, 0.25) is 0 Å². The van der Waals surface area contributed by atoms with Crippen molar-refractivity contribution in [3.8, 4) is 0 Å². The molecule has 0 saturated carbocycles. The lowest BCUT2D eigenvalue weighted by molar-refractivity contribution is 0.312. The number of hydrogen-bond acceptors (Lipinski definition) is 3. The number of rotatable bonds is 2. The zero-order valence-corrected chi connectivity index (χ0v) is 14.5. The first kappa shape index (κ1) is 15.1. The molecule has 24 heavy (non-hydrogen) atoms. The Morgan fingerprint density at radius 1 is 1.25 bits per heavy atom. The van der Waals surface area contributed by atoms with Crippen molar-refractivity contribution < 1.29 is 0 Å². The van der Waals surface area contributed by atoms with Gasteiger partial charge in [0, 0.05) is 55.4 Å². The molecule has 0 spiro atoms. The molecular formula is C20H22N4. The van der Waals surface area contributed by atoms with E-state index in [1.54, 1.807) is 0 Å². The lowest BCUT2D eigenvalue weighted by atomic mass is 10.1. The molecule has 0 saturated heterocycles. The van der Waals surface area contributed by atoms with Crippen molar-refractivity contribution in [2.45, 2.75) is 26.8 Å². The van der Waals surface area contributed by atoms with Gasteiger partial charge < -0.3 is 9.47 Å². The largest absolute Gasteiger partial charge is 0.304 e. The minimum absolute atomic E-state index is 0.992. The molecule has 0 unspecified atom stereocenters. The van der Waals surface area contributed by atoms with Crippen molar-refractivity contribution in [3.63, 3.8) is 0 Å². The Bertz CT molecular complexity index is 922. The van der Waals surface area contributed by atoms with E-state index in [4.69, 9.17) is 4.98 Å². The summed E-state index contributed by atoms with van der Waals surface area (Å²) in [6, 6.07) is 6.37. The quantitative estimate of drug-likeness (QED) is 0.722. The zero-order valence-electron chi connectivity index (χ0n) is 14.5. The predicted octanol–water partition coefficient (Wildman–Crippen LogP) is 3.75. The fraction of sp³-hybridized carbons (Fsp3) is 0.300. The van der Waals surface area contributed by atoms with E-state index in [1.165, 1.54) is 33.3 Å². The van der Waals surface area contributed by atoms with Gasteiger partial charge in [-0.3, -0.25) is 4.98 Å². The number of hydrogen-bond donors (Lipinski definition) is 0. The summed E-state index contributed by atoms with van der Waals surface area (Å²) in [5.41, 5.74) is 7.52. The highest BCUT2D eigenvalue weighted by Crippen LogP contribution is 2.31. The van der Waals surface area contributed by atoms with E-state index in [2.05, 4.69) is 59.7 Å². The maximum absolute atomic E-state index is 4.74. The Morgan fingerprint density at radius 2 is 2.04 bits per heavy atom. The second-order valence-electron chi connectivity index (χ2n) is 6.71. The average molecular weight is 318 g/mol. The first-order chi connectivity index (χ1) is 11.6. The SMILES string of the molecule is CC(=Cn1c2c(c3cc(C)cnc31)CN(C)CC2)c1ccncc1. The highest BCUT2D eigenvalue weighted by molar-refractivity contribution is 5.87. The fourth-order valence-corrected chi connectivity index (χ4v) is 3.52. The summed E-state index contributed by atoms with van der Waals surface area (Å²) in [5.74, 6) is 0. The molecule has 1 aliphatic rings. The molecular weight excluding hydrogens is 296 g/mol. The van der Waals surface area contributed by atoms with Crippen molar-refractivity contribution in [3.05, 3.63) is 59.2 Å². The Kier molecular flexibility index (Phi) is 3.69.